The first kappa shape index (κ1) is 13.2. The quantitative estimate of drug-likeness (QED) is 0.753. The number of benzene rings is 2. The van der Waals surface area contributed by atoms with E-state index in [2.05, 4.69) is 5.32 Å². The maximum Gasteiger partial charge on any atom is 0.160 e. The van der Waals surface area contributed by atoms with Gasteiger partial charge < -0.3 is 5.32 Å². The summed E-state index contributed by atoms with van der Waals surface area (Å²) >= 11 is 11.5. The summed E-state index contributed by atoms with van der Waals surface area (Å²) in [5.74, 6) is -0.587. The van der Waals surface area contributed by atoms with Gasteiger partial charge in [-0.15, -0.1) is 0 Å². The topological polar surface area (TPSA) is 12.0 Å². The largest absolute Gasteiger partial charge is 0.378 e. The lowest BCUT2D eigenvalue weighted by molar-refractivity contribution is 0.628. The van der Waals surface area contributed by atoms with Crippen molar-refractivity contribution < 1.29 is 4.39 Å². The van der Waals surface area contributed by atoms with Gasteiger partial charge in [-0.3, -0.25) is 0 Å². The standard InChI is InChI=1S/C14H12Cl2FN/c1-9(10-5-3-2-4-6-10)18-11-7-12(15)14(17)13(16)8-11/h2-9,18H,1H3. The normalized spacial score (nSPS) is 12.2. The minimum Gasteiger partial charge on any atom is -0.378 e. The predicted octanol–water partition coefficient (Wildman–Crippen LogP) is 5.31. The third-order valence-corrected chi connectivity index (χ3v) is 3.22. The van der Waals surface area contributed by atoms with E-state index in [4.69, 9.17) is 23.2 Å². The Kier molecular flexibility index (Phi) is 4.10. The molecule has 0 aliphatic heterocycles. The first-order valence-electron chi connectivity index (χ1n) is 5.54. The van der Waals surface area contributed by atoms with Crippen molar-refractivity contribution in [2.45, 2.75) is 13.0 Å². The maximum atomic E-state index is 13.3. The molecular formula is C14H12Cl2FN. The summed E-state index contributed by atoms with van der Waals surface area (Å²) in [7, 11) is 0. The Morgan fingerprint density at radius 3 is 2.17 bits per heavy atom. The van der Waals surface area contributed by atoms with Crippen molar-refractivity contribution in [2.75, 3.05) is 5.32 Å². The van der Waals surface area contributed by atoms with Gasteiger partial charge in [-0.1, -0.05) is 53.5 Å². The second-order valence-corrected chi connectivity index (χ2v) is 4.84. The molecule has 0 fully saturated rings. The van der Waals surface area contributed by atoms with Crippen LogP contribution in [0.5, 0.6) is 0 Å². The van der Waals surface area contributed by atoms with Crippen LogP contribution in [0.1, 0.15) is 18.5 Å². The summed E-state index contributed by atoms with van der Waals surface area (Å²) in [5, 5.41) is 3.27. The molecule has 2 rings (SSSR count). The molecule has 0 bridgehead atoms. The zero-order valence-electron chi connectivity index (χ0n) is 9.75. The number of nitrogens with one attached hydrogen (secondary N) is 1. The van der Waals surface area contributed by atoms with Gasteiger partial charge in [0.05, 0.1) is 10.0 Å². The van der Waals surface area contributed by atoms with Crippen LogP contribution in [0.25, 0.3) is 0 Å². The van der Waals surface area contributed by atoms with Crippen LogP contribution in [0.3, 0.4) is 0 Å². The molecule has 2 aromatic rings. The van der Waals surface area contributed by atoms with E-state index in [-0.39, 0.29) is 16.1 Å². The highest BCUT2D eigenvalue weighted by molar-refractivity contribution is 6.35. The van der Waals surface area contributed by atoms with Gasteiger partial charge in [0.25, 0.3) is 0 Å². The van der Waals surface area contributed by atoms with Crippen molar-refractivity contribution in [3.05, 3.63) is 63.9 Å². The van der Waals surface area contributed by atoms with Gasteiger partial charge in [0.2, 0.25) is 0 Å². The summed E-state index contributed by atoms with van der Waals surface area (Å²) < 4.78 is 13.3. The average molecular weight is 284 g/mol. The van der Waals surface area contributed by atoms with Crippen molar-refractivity contribution in [3.8, 4) is 0 Å². The Hall–Kier alpha value is -1.25. The van der Waals surface area contributed by atoms with Gasteiger partial charge in [-0.25, -0.2) is 4.39 Å². The number of rotatable bonds is 3. The summed E-state index contributed by atoms with van der Waals surface area (Å²) in [4.78, 5) is 0. The predicted molar refractivity (Wildman–Crippen MR) is 74.9 cm³/mol. The summed E-state index contributed by atoms with van der Waals surface area (Å²) in [6.45, 7) is 2.01. The Morgan fingerprint density at radius 1 is 1.06 bits per heavy atom. The fourth-order valence-electron chi connectivity index (χ4n) is 1.71. The molecule has 1 nitrogen and oxygen atoms in total. The lowest BCUT2D eigenvalue weighted by Gasteiger charge is -2.16. The zero-order chi connectivity index (χ0) is 13.1. The molecule has 0 aromatic heterocycles. The highest BCUT2D eigenvalue weighted by Gasteiger charge is 2.10. The summed E-state index contributed by atoms with van der Waals surface area (Å²) in [6.07, 6.45) is 0. The molecule has 1 N–H and O–H groups in total. The van der Waals surface area contributed by atoms with Crippen molar-refractivity contribution >= 4 is 28.9 Å². The highest BCUT2D eigenvalue weighted by atomic mass is 35.5. The molecule has 94 valence electrons. The molecule has 0 aliphatic rings. The van der Waals surface area contributed by atoms with Crippen molar-refractivity contribution in [1.82, 2.24) is 0 Å². The average Bonchev–Trinajstić information content (AvgIpc) is 2.37. The van der Waals surface area contributed by atoms with E-state index < -0.39 is 5.82 Å². The van der Waals surface area contributed by atoms with Crippen LogP contribution < -0.4 is 5.32 Å². The molecule has 0 heterocycles. The van der Waals surface area contributed by atoms with E-state index >= 15 is 0 Å². The van der Waals surface area contributed by atoms with E-state index in [9.17, 15) is 4.39 Å². The monoisotopic (exact) mass is 283 g/mol. The number of hydrogen-bond acceptors (Lipinski definition) is 1. The molecular weight excluding hydrogens is 272 g/mol. The van der Waals surface area contributed by atoms with Crippen LogP contribution in [0.2, 0.25) is 10.0 Å². The van der Waals surface area contributed by atoms with Gasteiger partial charge >= 0.3 is 0 Å². The number of anilines is 1. The summed E-state index contributed by atoms with van der Waals surface area (Å²) in [6, 6.07) is 13.1. The molecule has 2 aromatic carbocycles. The van der Waals surface area contributed by atoms with E-state index in [0.29, 0.717) is 5.69 Å². The first-order valence-corrected chi connectivity index (χ1v) is 6.29. The van der Waals surface area contributed by atoms with Crippen LogP contribution in [-0.4, -0.2) is 0 Å². The minimum absolute atomic E-state index is 0.0188. The Labute approximate surface area is 116 Å². The molecule has 0 saturated carbocycles. The third-order valence-electron chi connectivity index (χ3n) is 2.67. The Bertz CT molecular complexity index is 520. The fourth-order valence-corrected chi connectivity index (χ4v) is 2.20. The second kappa shape index (κ2) is 5.59. The molecule has 0 radical (unpaired) electrons. The Balaban J connectivity index is 2.20. The molecule has 18 heavy (non-hydrogen) atoms. The van der Waals surface area contributed by atoms with E-state index in [0.717, 1.165) is 5.56 Å². The van der Waals surface area contributed by atoms with E-state index in [1.165, 1.54) is 12.1 Å². The Morgan fingerprint density at radius 2 is 1.61 bits per heavy atom. The van der Waals surface area contributed by atoms with Gasteiger partial charge in [-0.2, -0.15) is 0 Å². The molecule has 0 amide bonds. The van der Waals surface area contributed by atoms with Gasteiger partial charge in [0, 0.05) is 11.7 Å². The minimum atomic E-state index is -0.587. The van der Waals surface area contributed by atoms with Crippen LogP contribution in [0.15, 0.2) is 42.5 Å². The van der Waals surface area contributed by atoms with Crippen LogP contribution >= 0.6 is 23.2 Å². The first-order chi connectivity index (χ1) is 8.58. The van der Waals surface area contributed by atoms with Gasteiger partial charge in [-0.05, 0) is 24.6 Å². The molecule has 0 aliphatic carbocycles. The molecule has 1 unspecified atom stereocenters. The third kappa shape index (κ3) is 2.95. The van der Waals surface area contributed by atoms with E-state index in [1.54, 1.807) is 0 Å². The second-order valence-electron chi connectivity index (χ2n) is 4.03. The van der Waals surface area contributed by atoms with Crippen molar-refractivity contribution in [1.29, 1.82) is 0 Å². The molecule has 0 saturated heterocycles. The number of halogens is 3. The van der Waals surface area contributed by atoms with Crippen LogP contribution in [-0.2, 0) is 0 Å². The smallest absolute Gasteiger partial charge is 0.160 e. The van der Waals surface area contributed by atoms with Crippen molar-refractivity contribution in [3.63, 3.8) is 0 Å². The fraction of sp³-hybridized carbons (Fsp3) is 0.143. The number of hydrogen-bond donors (Lipinski definition) is 1. The maximum absolute atomic E-state index is 13.3. The highest BCUT2D eigenvalue weighted by Crippen LogP contribution is 2.29. The van der Waals surface area contributed by atoms with E-state index in [1.807, 2.05) is 37.3 Å². The van der Waals surface area contributed by atoms with Gasteiger partial charge in [0.1, 0.15) is 0 Å². The van der Waals surface area contributed by atoms with Gasteiger partial charge in [0.15, 0.2) is 5.82 Å². The molecule has 4 heteroatoms. The lowest BCUT2D eigenvalue weighted by atomic mass is 10.1. The van der Waals surface area contributed by atoms with Crippen molar-refractivity contribution in [2.24, 2.45) is 0 Å². The molecule has 0 spiro atoms. The summed E-state index contributed by atoms with van der Waals surface area (Å²) in [5.41, 5.74) is 1.83. The zero-order valence-corrected chi connectivity index (χ0v) is 11.3. The lowest BCUT2D eigenvalue weighted by Crippen LogP contribution is -2.06. The SMILES string of the molecule is CC(Nc1cc(Cl)c(F)c(Cl)c1)c1ccccc1. The van der Waals surface area contributed by atoms with Crippen LogP contribution in [0, 0.1) is 5.82 Å². The molecule has 1 atom stereocenters. The van der Waals surface area contributed by atoms with Crippen LogP contribution in [0.4, 0.5) is 10.1 Å².